The quantitative estimate of drug-likeness (QED) is 0.400. The van der Waals surface area contributed by atoms with E-state index in [4.69, 9.17) is 19.7 Å². The first-order chi connectivity index (χ1) is 16.2. The van der Waals surface area contributed by atoms with Gasteiger partial charge in [0, 0.05) is 18.2 Å². The number of hydrogen-bond donors (Lipinski definition) is 2. The van der Waals surface area contributed by atoms with Crippen molar-refractivity contribution < 1.29 is 9.84 Å². The van der Waals surface area contributed by atoms with Crippen molar-refractivity contribution in [2.24, 2.45) is 0 Å². The van der Waals surface area contributed by atoms with Crippen molar-refractivity contribution in [3.8, 4) is 22.9 Å². The van der Waals surface area contributed by atoms with Crippen LogP contribution >= 0.6 is 0 Å². The Bertz CT molecular complexity index is 1210. The normalized spacial score (nSPS) is 14.5. The van der Waals surface area contributed by atoms with Crippen LogP contribution in [0.25, 0.3) is 22.6 Å². The van der Waals surface area contributed by atoms with Crippen LogP contribution in [0.5, 0.6) is 11.5 Å². The standard InChI is InChI=1S/C26H29N5O2/c1-33-22-13-9-19(10-14-22)24-29-25(27-16-15-18-7-11-21(32)12-8-18)23-26(30-24)31(17-28-23)20-5-3-2-4-6-20/h7-14,17,20,32H,2-6,15-16H2,1H3,(H,27,29,30). The minimum absolute atomic E-state index is 0.279. The summed E-state index contributed by atoms with van der Waals surface area (Å²) < 4.78 is 7.55. The van der Waals surface area contributed by atoms with Gasteiger partial charge in [-0.15, -0.1) is 0 Å². The van der Waals surface area contributed by atoms with Gasteiger partial charge in [0.1, 0.15) is 17.0 Å². The summed E-state index contributed by atoms with van der Waals surface area (Å²) in [4.78, 5) is 14.5. The number of phenols is 1. The second kappa shape index (κ2) is 9.48. The Morgan fingerprint density at radius 3 is 2.48 bits per heavy atom. The predicted octanol–water partition coefficient (Wildman–Crippen LogP) is 5.37. The van der Waals surface area contributed by atoms with E-state index >= 15 is 0 Å². The van der Waals surface area contributed by atoms with E-state index in [1.165, 1.54) is 19.3 Å². The average molecular weight is 444 g/mol. The second-order valence-corrected chi connectivity index (χ2v) is 8.58. The molecular weight excluding hydrogens is 414 g/mol. The number of phenolic OH excluding ortho intramolecular Hbond substituents is 1. The molecule has 1 fully saturated rings. The SMILES string of the molecule is COc1ccc(-c2nc(NCCc3ccc(O)cc3)c3ncn(C4CCCCC4)c3n2)cc1. The monoisotopic (exact) mass is 443 g/mol. The molecule has 1 aliphatic rings. The Labute approximate surface area is 193 Å². The molecule has 0 aliphatic heterocycles. The number of imidazole rings is 1. The highest BCUT2D eigenvalue weighted by Crippen LogP contribution is 2.32. The molecule has 0 unspecified atom stereocenters. The highest BCUT2D eigenvalue weighted by Gasteiger charge is 2.21. The average Bonchev–Trinajstić information content (AvgIpc) is 3.30. The molecule has 0 radical (unpaired) electrons. The molecule has 5 rings (SSSR count). The van der Waals surface area contributed by atoms with Crippen molar-refractivity contribution in [1.82, 2.24) is 19.5 Å². The molecule has 4 aromatic rings. The number of methoxy groups -OCH3 is 1. The lowest BCUT2D eigenvalue weighted by Gasteiger charge is -2.23. The van der Waals surface area contributed by atoms with Crippen LogP contribution < -0.4 is 10.1 Å². The Balaban J connectivity index is 1.48. The number of ether oxygens (including phenoxy) is 1. The van der Waals surface area contributed by atoms with Crippen LogP contribution in [0.4, 0.5) is 5.82 Å². The van der Waals surface area contributed by atoms with Gasteiger partial charge in [-0.2, -0.15) is 0 Å². The highest BCUT2D eigenvalue weighted by atomic mass is 16.5. The van der Waals surface area contributed by atoms with Gasteiger partial charge in [-0.3, -0.25) is 0 Å². The van der Waals surface area contributed by atoms with Crippen LogP contribution in [0.2, 0.25) is 0 Å². The van der Waals surface area contributed by atoms with Crippen LogP contribution in [-0.2, 0) is 6.42 Å². The Kier molecular flexibility index (Phi) is 6.11. The van der Waals surface area contributed by atoms with Gasteiger partial charge >= 0.3 is 0 Å². The van der Waals surface area contributed by atoms with Crippen molar-refractivity contribution in [2.75, 3.05) is 19.0 Å². The Morgan fingerprint density at radius 2 is 1.76 bits per heavy atom. The zero-order valence-electron chi connectivity index (χ0n) is 18.9. The van der Waals surface area contributed by atoms with Gasteiger partial charge in [0.15, 0.2) is 17.3 Å². The molecule has 0 amide bonds. The summed E-state index contributed by atoms with van der Waals surface area (Å²) in [6, 6.07) is 15.6. The number of fused-ring (bicyclic) bond motifs is 1. The lowest BCUT2D eigenvalue weighted by atomic mass is 9.95. The van der Waals surface area contributed by atoms with E-state index in [0.29, 0.717) is 18.4 Å². The van der Waals surface area contributed by atoms with E-state index in [1.54, 1.807) is 19.2 Å². The summed E-state index contributed by atoms with van der Waals surface area (Å²) in [6.45, 7) is 0.704. The van der Waals surface area contributed by atoms with Crippen LogP contribution in [0.1, 0.15) is 43.7 Å². The lowest BCUT2D eigenvalue weighted by Crippen LogP contribution is -2.13. The van der Waals surface area contributed by atoms with Gasteiger partial charge in [0.05, 0.1) is 13.4 Å². The van der Waals surface area contributed by atoms with Crippen molar-refractivity contribution in [1.29, 1.82) is 0 Å². The van der Waals surface area contributed by atoms with E-state index in [1.807, 2.05) is 42.7 Å². The summed E-state index contributed by atoms with van der Waals surface area (Å²) in [5.74, 6) is 2.51. The minimum atomic E-state index is 0.279. The first kappa shape index (κ1) is 21.2. The molecule has 33 heavy (non-hydrogen) atoms. The third-order valence-corrected chi connectivity index (χ3v) is 6.38. The van der Waals surface area contributed by atoms with Gasteiger partial charge in [-0.25, -0.2) is 15.0 Å². The third-order valence-electron chi connectivity index (χ3n) is 6.38. The summed E-state index contributed by atoms with van der Waals surface area (Å²) >= 11 is 0. The van der Waals surface area contributed by atoms with E-state index in [-0.39, 0.29) is 5.75 Å². The van der Waals surface area contributed by atoms with Gasteiger partial charge in [0.25, 0.3) is 0 Å². The molecule has 1 aliphatic carbocycles. The molecule has 170 valence electrons. The largest absolute Gasteiger partial charge is 0.508 e. The number of rotatable bonds is 7. The first-order valence-electron chi connectivity index (χ1n) is 11.6. The Morgan fingerprint density at radius 1 is 1.00 bits per heavy atom. The number of anilines is 1. The number of benzene rings is 2. The topological polar surface area (TPSA) is 85.1 Å². The van der Waals surface area contributed by atoms with Crippen LogP contribution in [0.3, 0.4) is 0 Å². The maximum Gasteiger partial charge on any atom is 0.166 e. The molecule has 2 N–H and O–H groups in total. The molecule has 0 spiro atoms. The maximum absolute atomic E-state index is 9.51. The number of aromatic nitrogens is 4. The lowest BCUT2D eigenvalue weighted by molar-refractivity contribution is 0.358. The summed E-state index contributed by atoms with van der Waals surface area (Å²) in [5, 5.41) is 13.0. The van der Waals surface area contributed by atoms with Crippen molar-refractivity contribution >= 4 is 17.0 Å². The number of nitrogens with one attached hydrogen (secondary N) is 1. The summed E-state index contributed by atoms with van der Waals surface area (Å²) in [7, 11) is 1.66. The van der Waals surface area contributed by atoms with Gasteiger partial charge in [-0.1, -0.05) is 31.4 Å². The minimum Gasteiger partial charge on any atom is -0.508 e. The van der Waals surface area contributed by atoms with Crippen LogP contribution in [-0.4, -0.2) is 38.3 Å². The summed E-state index contributed by atoms with van der Waals surface area (Å²) in [6.07, 6.45) is 8.87. The fraction of sp³-hybridized carbons (Fsp3) is 0.346. The van der Waals surface area contributed by atoms with Crippen molar-refractivity contribution in [3.05, 3.63) is 60.4 Å². The predicted molar refractivity (Wildman–Crippen MR) is 130 cm³/mol. The zero-order valence-corrected chi connectivity index (χ0v) is 18.9. The maximum atomic E-state index is 9.51. The van der Waals surface area contributed by atoms with E-state index in [0.717, 1.165) is 53.1 Å². The third kappa shape index (κ3) is 4.62. The summed E-state index contributed by atoms with van der Waals surface area (Å²) in [5.41, 5.74) is 3.78. The number of aromatic hydroxyl groups is 1. The first-order valence-corrected chi connectivity index (χ1v) is 11.6. The molecule has 1 saturated carbocycles. The molecule has 2 aromatic heterocycles. The smallest absolute Gasteiger partial charge is 0.166 e. The molecule has 2 aromatic carbocycles. The van der Waals surface area contributed by atoms with Gasteiger partial charge in [-0.05, 0) is 61.2 Å². The van der Waals surface area contributed by atoms with E-state index in [2.05, 4.69) is 9.88 Å². The van der Waals surface area contributed by atoms with Gasteiger partial charge < -0.3 is 19.7 Å². The zero-order chi connectivity index (χ0) is 22.6. The molecule has 7 nitrogen and oxygen atoms in total. The van der Waals surface area contributed by atoms with Gasteiger partial charge in [0.2, 0.25) is 0 Å². The number of hydrogen-bond acceptors (Lipinski definition) is 6. The molecule has 2 heterocycles. The molecule has 0 bridgehead atoms. The van der Waals surface area contributed by atoms with Crippen LogP contribution in [0.15, 0.2) is 54.9 Å². The highest BCUT2D eigenvalue weighted by molar-refractivity contribution is 5.85. The van der Waals surface area contributed by atoms with E-state index in [9.17, 15) is 5.11 Å². The molecule has 0 saturated heterocycles. The van der Waals surface area contributed by atoms with E-state index < -0.39 is 0 Å². The Hall–Kier alpha value is -3.61. The van der Waals surface area contributed by atoms with Crippen molar-refractivity contribution in [2.45, 2.75) is 44.6 Å². The second-order valence-electron chi connectivity index (χ2n) is 8.58. The fourth-order valence-electron chi connectivity index (χ4n) is 4.52. The van der Waals surface area contributed by atoms with Crippen LogP contribution in [0, 0.1) is 0 Å². The number of nitrogens with zero attached hydrogens (tertiary/aromatic N) is 4. The molecule has 7 heteroatoms. The fourth-order valence-corrected chi connectivity index (χ4v) is 4.52. The molecular formula is C26H29N5O2. The molecule has 0 atom stereocenters. The van der Waals surface area contributed by atoms with Crippen molar-refractivity contribution in [3.63, 3.8) is 0 Å².